The van der Waals surface area contributed by atoms with Crippen LogP contribution in [-0.4, -0.2) is 25.0 Å². The van der Waals surface area contributed by atoms with E-state index in [0.717, 1.165) is 0 Å². The first-order valence-electron chi connectivity index (χ1n) is 8.62. The fourth-order valence-electron chi connectivity index (χ4n) is 3.16. The topological polar surface area (TPSA) is 115 Å². The number of anilines is 1. The first-order chi connectivity index (χ1) is 13.4. The number of pyridine rings is 1. The molecule has 0 spiro atoms. The number of aryl methyl sites for hydroxylation is 2. The van der Waals surface area contributed by atoms with Crippen LogP contribution in [0.5, 0.6) is 0 Å². The van der Waals surface area contributed by atoms with Gasteiger partial charge in [0.1, 0.15) is 5.69 Å². The average molecular weight is 451 g/mol. The first kappa shape index (κ1) is 21.5. The minimum atomic E-state index is -4.68. The van der Waals surface area contributed by atoms with Gasteiger partial charge in [0.25, 0.3) is 0 Å². The van der Waals surface area contributed by atoms with Crippen LogP contribution in [0.3, 0.4) is 0 Å². The van der Waals surface area contributed by atoms with Crippen molar-refractivity contribution in [3.63, 3.8) is 0 Å². The number of rotatable bonds is 3. The predicted octanol–water partition coefficient (Wildman–Crippen LogP) is 3.70. The Bertz CT molecular complexity index is 1110. The van der Waals surface area contributed by atoms with Gasteiger partial charge in [0.05, 0.1) is 10.7 Å². The van der Waals surface area contributed by atoms with Crippen molar-refractivity contribution in [1.82, 2.24) is 14.8 Å². The van der Waals surface area contributed by atoms with E-state index in [-0.39, 0.29) is 27.0 Å². The number of amides is 2. The summed E-state index contributed by atoms with van der Waals surface area (Å²) in [5.74, 6) is 0. The minimum absolute atomic E-state index is 0.0313. The Balaban J connectivity index is 2.01. The van der Waals surface area contributed by atoms with Gasteiger partial charge in [-0.05, 0) is 38.7 Å². The molecule has 0 unspecified atom stereocenters. The van der Waals surface area contributed by atoms with Crippen molar-refractivity contribution in [2.45, 2.75) is 50.9 Å². The molecule has 8 nitrogen and oxygen atoms in total. The highest BCUT2D eigenvalue weighted by Crippen LogP contribution is 2.38. The van der Waals surface area contributed by atoms with E-state index in [4.69, 9.17) is 16.7 Å². The van der Waals surface area contributed by atoms with E-state index < -0.39 is 27.8 Å². The second-order valence-electron chi connectivity index (χ2n) is 6.46. The zero-order chi connectivity index (χ0) is 21.6. The quantitative estimate of drug-likeness (QED) is 0.741. The van der Waals surface area contributed by atoms with Crippen LogP contribution in [0.4, 0.5) is 23.7 Å². The van der Waals surface area contributed by atoms with E-state index in [2.05, 4.69) is 19.8 Å². The van der Waals surface area contributed by atoms with Crippen molar-refractivity contribution < 1.29 is 22.2 Å². The van der Waals surface area contributed by atoms with Crippen LogP contribution in [0.15, 0.2) is 15.6 Å². The molecule has 0 bridgehead atoms. The van der Waals surface area contributed by atoms with E-state index in [9.17, 15) is 22.2 Å². The lowest BCUT2D eigenvalue weighted by Crippen LogP contribution is -2.21. The average Bonchev–Trinajstić information content (AvgIpc) is 3.22. The molecule has 0 fully saturated rings. The molecule has 3 N–H and O–H groups in total. The standard InChI is InChI=1S/C16H18ClF3N6O2S/c1-3-26-7-10(17)14(24-26)29(21,28)25-15(27)23-12-8(2)13(16(18,19)20)22-11-6-4-5-9(11)12/h7H,3-6H2,1-2H3,(H3,21,22,23,25,27,28)/t29-/m0/s1. The molecular formula is C16H18ClF3N6O2S. The predicted molar refractivity (Wildman–Crippen MR) is 101 cm³/mol. The number of nitrogens with zero attached hydrogens (tertiary/aromatic N) is 4. The Morgan fingerprint density at radius 3 is 2.72 bits per heavy atom. The molecule has 0 saturated carbocycles. The number of aromatic nitrogens is 3. The first-order valence-corrected chi connectivity index (χ1v) is 10.6. The van der Waals surface area contributed by atoms with Crippen LogP contribution in [0, 0.1) is 6.92 Å². The third-order valence-corrected chi connectivity index (χ3v) is 6.15. The fraction of sp³-hybridized carbons (Fsp3) is 0.438. The SMILES string of the molecule is CCn1cc(Cl)c([S@@](N)(=O)=NC(=O)Nc2c(C)c(C(F)(F)F)nc3c2CCC3)n1. The summed E-state index contributed by atoms with van der Waals surface area (Å²) < 4.78 is 57.4. The Labute approximate surface area is 169 Å². The zero-order valence-corrected chi connectivity index (χ0v) is 17.1. The van der Waals surface area contributed by atoms with E-state index >= 15 is 0 Å². The Morgan fingerprint density at radius 1 is 1.45 bits per heavy atom. The van der Waals surface area contributed by atoms with Crippen LogP contribution in [0.1, 0.15) is 35.9 Å². The van der Waals surface area contributed by atoms with Crippen molar-refractivity contribution in [1.29, 1.82) is 0 Å². The fourth-order valence-corrected chi connectivity index (χ4v) is 4.58. The summed E-state index contributed by atoms with van der Waals surface area (Å²) in [5, 5.41) is 11.6. The number of carbonyl (C=O) groups excluding carboxylic acids is 1. The maximum Gasteiger partial charge on any atom is 0.433 e. The Morgan fingerprint density at radius 2 is 2.14 bits per heavy atom. The van der Waals surface area contributed by atoms with Gasteiger partial charge in [-0.3, -0.25) is 4.68 Å². The number of hydrogen-bond acceptors (Lipinski definition) is 4. The van der Waals surface area contributed by atoms with Gasteiger partial charge in [0.15, 0.2) is 14.9 Å². The minimum Gasteiger partial charge on any atom is -0.305 e. The number of urea groups is 1. The van der Waals surface area contributed by atoms with Crippen molar-refractivity contribution in [3.05, 3.63) is 33.7 Å². The summed E-state index contributed by atoms with van der Waals surface area (Å²) in [6, 6.07) is -1.16. The van der Waals surface area contributed by atoms with Crippen LogP contribution in [0.25, 0.3) is 0 Å². The smallest absolute Gasteiger partial charge is 0.305 e. The van der Waals surface area contributed by atoms with E-state index in [1.165, 1.54) is 17.8 Å². The summed E-state index contributed by atoms with van der Waals surface area (Å²) in [5.41, 5.74) is -0.563. The van der Waals surface area contributed by atoms with Gasteiger partial charge < -0.3 is 5.32 Å². The highest BCUT2D eigenvalue weighted by atomic mass is 35.5. The lowest BCUT2D eigenvalue weighted by Gasteiger charge is -2.17. The summed E-state index contributed by atoms with van der Waals surface area (Å²) in [6.07, 6.45) is -1.86. The number of carbonyl (C=O) groups is 1. The second-order valence-corrected chi connectivity index (χ2v) is 8.58. The molecular weight excluding hydrogens is 433 g/mol. The van der Waals surface area contributed by atoms with Crippen molar-refractivity contribution in [2.24, 2.45) is 9.50 Å². The third-order valence-electron chi connectivity index (χ3n) is 4.47. The molecule has 1 aliphatic rings. The van der Waals surface area contributed by atoms with Crippen LogP contribution < -0.4 is 10.5 Å². The number of nitrogens with one attached hydrogen (secondary N) is 1. The number of hydrogen-bond donors (Lipinski definition) is 2. The Hall–Kier alpha value is -2.18. The summed E-state index contributed by atoms with van der Waals surface area (Å²) in [6.45, 7) is 3.40. The van der Waals surface area contributed by atoms with Gasteiger partial charge in [-0.1, -0.05) is 11.6 Å². The number of alkyl halides is 3. The molecule has 3 rings (SSSR count). The summed E-state index contributed by atoms with van der Waals surface area (Å²) >= 11 is 5.96. The third kappa shape index (κ3) is 4.23. The number of fused-ring (bicyclic) bond motifs is 1. The molecule has 1 atom stereocenters. The van der Waals surface area contributed by atoms with E-state index in [1.807, 2.05) is 0 Å². The van der Waals surface area contributed by atoms with E-state index in [1.54, 1.807) is 6.92 Å². The molecule has 0 aliphatic heterocycles. The molecule has 0 saturated heterocycles. The largest absolute Gasteiger partial charge is 0.433 e. The molecule has 2 heterocycles. The molecule has 0 aromatic carbocycles. The van der Waals surface area contributed by atoms with Gasteiger partial charge in [-0.15, -0.1) is 4.36 Å². The van der Waals surface area contributed by atoms with Crippen molar-refractivity contribution in [3.8, 4) is 0 Å². The van der Waals surface area contributed by atoms with Crippen molar-refractivity contribution >= 4 is 33.2 Å². The maximum absolute atomic E-state index is 13.3. The number of nitrogens with two attached hydrogens (primary N) is 1. The highest BCUT2D eigenvalue weighted by Gasteiger charge is 2.38. The van der Waals surface area contributed by atoms with Gasteiger partial charge in [-0.2, -0.15) is 18.3 Å². The molecule has 1 aliphatic carbocycles. The van der Waals surface area contributed by atoms with E-state index in [0.29, 0.717) is 31.4 Å². The lowest BCUT2D eigenvalue weighted by atomic mass is 10.1. The normalized spacial score (nSPS) is 15.7. The Kier molecular flexibility index (Phi) is 5.62. The molecule has 29 heavy (non-hydrogen) atoms. The molecule has 0 radical (unpaired) electrons. The monoisotopic (exact) mass is 450 g/mol. The molecule has 2 aromatic heterocycles. The van der Waals surface area contributed by atoms with Gasteiger partial charge in [0.2, 0.25) is 0 Å². The van der Waals surface area contributed by atoms with Gasteiger partial charge >= 0.3 is 12.2 Å². The summed E-state index contributed by atoms with van der Waals surface area (Å²) in [7, 11) is -3.80. The highest BCUT2D eigenvalue weighted by molar-refractivity contribution is 7.91. The molecule has 2 aromatic rings. The summed E-state index contributed by atoms with van der Waals surface area (Å²) in [4.78, 5) is 16.1. The number of halogens is 4. The lowest BCUT2D eigenvalue weighted by molar-refractivity contribution is -0.141. The molecule has 13 heteroatoms. The second kappa shape index (κ2) is 7.58. The van der Waals surface area contributed by atoms with Crippen LogP contribution in [0.2, 0.25) is 5.02 Å². The zero-order valence-electron chi connectivity index (χ0n) is 15.5. The van der Waals surface area contributed by atoms with Gasteiger partial charge in [0, 0.05) is 24.0 Å². The van der Waals surface area contributed by atoms with Gasteiger partial charge in [-0.25, -0.2) is 19.1 Å². The van der Waals surface area contributed by atoms with Crippen molar-refractivity contribution in [2.75, 3.05) is 5.32 Å². The maximum atomic E-state index is 13.3. The molecule has 2 amide bonds. The van der Waals surface area contributed by atoms with Crippen LogP contribution >= 0.6 is 11.6 Å². The molecule has 158 valence electrons. The van der Waals surface area contributed by atoms with Crippen LogP contribution in [-0.2, 0) is 35.5 Å².